The number of sulfone groups is 1. The van der Waals surface area contributed by atoms with Crippen molar-refractivity contribution < 1.29 is 18.3 Å². The molecule has 0 unspecified atom stereocenters. The number of aromatic nitrogens is 2. The number of H-pyrrole nitrogens is 1. The largest absolute Gasteiger partial charge is 0.478 e. The normalized spacial score (nSPS) is 12.7. The van der Waals surface area contributed by atoms with Crippen molar-refractivity contribution in [2.75, 3.05) is 6.26 Å². The number of carboxylic acids is 1. The summed E-state index contributed by atoms with van der Waals surface area (Å²) in [6.07, 6.45) is 1.09. The highest BCUT2D eigenvalue weighted by Crippen LogP contribution is 2.22. The fourth-order valence-corrected chi connectivity index (χ4v) is 2.40. The lowest BCUT2D eigenvalue weighted by Gasteiger charge is -2.23. The third-order valence-electron chi connectivity index (χ3n) is 3.57. The molecule has 0 saturated carbocycles. The van der Waals surface area contributed by atoms with E-state index >= 15 is 0 Å². The number of imidazole rings is 1. The highest BCUT2D eigenvalue weighted by atomic mass is 32.2. The molecule has 0 spiro atoms. The molecular weight excluding hydrogens is 296 g/mol. The number of para-hydroxylation sites is 1. The maximum absolute atomic E-state index is 12.0. The summed E-state index contributed by atoms with van der Waals surface area (Å²) in [5, 5.41) is 9.23. The monoisotopic (exact) mass is 312 g/mol. The van der Waals surface area contributed by atoms with Crippen LogP contribution in [0.2, 0.25) is 0 Å². The van der Waals surface area contributed by atoms with Crippen LogP contribution >= 0.6 is 0 Å². The molecule has 21 heavy (non-hydrogen) atoms. The van der Waals surface area contributed by atoms with Gasteiger partial charge in [-0.3, -0.25) is 4.57 Å². The Balaban J connectivity index is 2.73. The number of benzene rings is 1. The number of nitrogens with zero attached hydrogens (tertiary/aromatic N) is 1. The zero-order valence-corrected chi connectivity index (χ0v) is 12.7. The van der Waals surface area contributed by atoms with Crippen molar-refractivity contribution in [3.05, 3.63) is 34.2 Å². The Hall–Kier alpha value is -2.09. The Morgan fingerprint density at radius 2 is 2.00 bits per heavy atom. The van der Waals surface area contributed by atoms with Gasteiger partial charge in [-0.25, -0.2) is 18.0 Å². The van der Waals surface area contributed by atoms with Crippen molar-refractivity contribution >= 4 is 26.8 Å². The van der Waals surface area contributed by atoms with E-state index in [-0.39, 0.29) is 17.6 Å². The van der Waals surface area contributed by atoms with Gasteiger partial charge in [0.25, 0.3) is 0 Å². The SMILES string of the molecule is CC(C)(Cn1c(=O)[nH]c2cccc(C(=O)O)c21)S(C)(=O)=O. The minimum Gasteiger partial charge on any atom is -0.478 e. The van der Waals surface area contributed by atoms with Gasteiger partial charge >= 0.3 is 11.7 Å². The van der Waals surface area contributed by atoms with Gasteiger partial charge < -0.3 is 10.1 Å². The quantitative estimate of drug-likeness (QED) is 0.870. The van der Waals surface area contributed by atoms with Crippen molar-refractivity contribution in [3.8, 4) is 0 Å². The molecular formula is C13H16N2O5S. The van der Waals surface area contributed by atoms with Crippen molar-refractivity contribution in [2.24, 2.45) is 0 Å². The second kappa shape index (κ2) is 4.73. The lowest BCUT2D eigenvalue weighted by atomic mass is 10.1. The number of aromatic amines is 1. The summed E-state index contributed by atoms with van der Waals surface area (Å²) in [7, 11) is -3.42. The summed E-state index contributed by atoms with van der Waals surface area (Å²) < 4.78 is 23.6. The van der Waals surface area contributed by atoms with Crippen LogP contribution in [0.3, 0.4) is 0 Å². The van der Waals surface area contributed by atoms with Crippen LogP contribution in [0.5, 0.6) is 0 Å². The van der Waals surface area contributed by atoms with Gasteiger partial charge in [0.05, 0.1) is 21.3 Å². The molecule has 1 heterocycles. The fraction of sp³-hybridized carbons (Fsp3) is 0.385. The van der Waals surface area contributed by atoms with Crippen LogP contribution in [0.25, 0.3) is 11.0 Å². The molecule has 1 aromatic carbocycles. The first kappa shape index (κ1) is 15.3. The second-order valence-corrected chi connectivity index (χ2v) is 8.20. The van der Waals surface area contributed by atoms with Crippen LogP contribution < -0.4 is 5.69 Å². The van der Waals surface area contributed by atoms with E-state index in [0.29, 0.717) is 5.52 Å². The fourth-order valence-electron chi connectivity index (χ4n) is 2.04. The minimum absolute atomic E-state index is 0.0462. The zero-order valence-electron chi connectivity index (χ0n) is 11.9. The average molecular weight is 312 g/mol. The molecule has 0 amide bonds. The van der Waals surface area contributed by atoms with Gasteiger partial charge in [0.2, 0.25) is 0 Å². The predicted octanol–water partition coefficient (Wildman–Crippen LogP) is 0.851. The van der Waals surface area contributed by atoms with Gasteiger partial charge in [-0.1, -0.05) is 6.07 Å². The van der Waals surface area contributed by atoms with Gasteiger partial charge in [-0.15, -0.1) is 0 Å². The van der Waals surface area contributed by atoms with E-state index in [0.717, 1.165) is 6.26 Å². The molecule has 0 fully saturated rings. The lowest BCUT2D eigenvalue weighted by molar-refractivity contribution is 0.0698. The van der Waals surface area contributed by atoms with Gasteiger partial charge in [-0.2, -0.15) is 0 Å². The topological polar surface area (TPSA) is 109 Å². The number of rotatable bonds is 4. The van der Waals surface area contributed by atoms with Crippen molar-refractivity contribution in [3.63, 3.8) is 0 Å². The molecule has 1 aromatic heterocycles. The van der Waals surface area contributed by atoms with E-state index in [2.05, 4.69) is 4.98 Å². The number of hydrogen-bond donors (Lipinski definition) is 2. The summed E-state index contributed by atoms with van der Waals surface area (Å²) in [6.45, 7) is 2.86. The maximum atomic E-state index is 12.0. The second-order valence-electron chi connectivity index (χ2n) is 5.56. The van der Waals surface area contributed by atoms with Crippen LogP contribution in [0.15, 0.2) is 23.0 Å². The van der Waals surface area contributed by atoms with Gasteiger partial charge in [0, 0.05) is 12.8 Å². The lowest BCUT2D eigenvalue weighted by Crippen LogP contribution is -2.38. The summed E-state index contributed by atoms with van der Waals surface area (Å²) >= 11 is 0. The molecule has 0 saturated heterocycles. The average Bonchev–Trinajstić information content (AvgIpc) is 2.63. The molecule has 2 aromatic rings. The van der Waals surface area contributed by atoms with Crippen LogP contribution in [0.4, 0.5) is 0 Å². The minimum atomic E-state index is -3.42. The number of carboxylic acid groups (broad SMARTS) is 1. The Morgan fingerprint density at radius 1 is 1.38 bits per heavy atom. The number of nitrogens with one attached hydrogen (secondary N) is 1. The van der Waals surface area contributed by atoms with E-state index < -0.39 is 26.2 Å². The maximum Gasteiger partial charge on any atom is 0.337 e. The third-order valence-corrected chi connectivity index (χ3v) is 5.70. The summed E-state index contributed by atoms with van der Waals surface area (Å²) in [5.41, 5.74) is -0.0125. The zero-order chi connectivity index (χ0) is 16.0. The van der Waals surface area contributed by atoms with Crippen LogP contribution in [-0.2, 0) is 16.4 Å². The number of carbonyl (C=O) groups is 1. The molecule has 114 valence electrons. The third kappa shape index (κ3) is 2.58. The predicted molar refractivity (Wildman–Crippen MR) is 78.4 cm³/mol. The van der Waals surface area contributed by atoms with Crippen LogP contribution in [0.1, 0.15) is 24.2 Å². The van der Waals surface area contributed by atoms with Crippen molar-refractivity contribution in [1.82, 2.24) is 9.55 Å². The van der Waals surface area contributed by atoms with E-state index in [1.54, 1.807) is 6.07 Å². The van der Waals surface area contributed by atoms with Crippen molar-refractivity contribution in [2.45, 2.75) is 25.1 Å². The molecule has 0 aliphatic carbocycles. The van der Waals surface area contributed by atoms with E-state index in [4.69, 9.17) is 0 Å². The highest BCUT2D eigenvalue weighted by molar-refractivity contribution is 7.92. The summed E-state index contributed by atoms with van der Waals surface area (Å²) in [5.74, 6) is -1.18. The molecule has 0 aliphatic heterocycles. The van der Waals surface area contributed by atoms with Crippen LogP contribution in [0, 0.1) is 0 Å². The summed E-state index contributed by atoms with van der Waals surface area (Å²) in [4.78, 5) is 25.9. The van der Waals surface area contributed by atoms with E-state index in [1.165, 1.54) is 30.5 Å². The Kier molecular flexibility index (Phi) is 3.45. The van der Waals surface area contributed by atoms with Gasteiger partial charge in [0.1, 0.15) is 0 Å². The van der Waals surface area contributed by atoms with E-state index in [1.807, 2.05) is 0 Å². The van der Waals surface area contributed by atoms with Crippen molar-refractivity contribution in [1.29, 1.82) is 0 Å². The van der Waals surface area contributed by atoms with Crippen LogP contribution in [-0.4, -0.2) is 40.0 Å². The molecule has 8 heteroatoms. The number of fused-ring (bicyclic) bond motifs is 1. The number of aromatic carboxylic acids is 1. The Bertz CT molecular complexity index is 874. The van der Waals surface area contributed by atoms with Gasteiger partial charge in [0.15, 0.2) is 9.84 Å². The summed E-state index contributed by atoms with van der Waals surface area (Å²) in [6, 6.07) is 4.47. The first-order chi connectivity index (χ1) is 9.54. The highest BCUT2D eigenvalue weighted by Gasteiger charge is 2.32. The first-order valence-electron chi connectivity index (χ1n) is 6.19. The smallest absolute Gasteiger partial charge is 0.337 e. The number of hydrogen-bond acceptors (Lipinski definition) is 4. The Labute approximate surface area is 121 Å². The molecule has 0 aliphatic rings. The Morgan fingerprint density at radius 3 is 2.52 bits per heavy atom. The molecule has 7 nitrogen and oxygen atoms in total. The van der Waals surface area contributed by atoms with Gasteiger partial charge in [-0.05, 0) is 26.0 Å². The molecule has 0 radical (unpaired) electrons. The van der Waals surface area contributed by atoms with E-state index in [9.17, 15) is 23.1 Å². The molecule has 2 rings (SSSR count). The standard InChI is InChI=1S/C13H16N2O5S/c1-13(2,21(3,19)20)7-15-10-8(11(16)17)5-4-6-9(10)14-12(15)18/h4-6H,7H2,1-3H3,(H,14,18)(H,16,17). The first-order valence-corrected chi connectivity index (χ1v) is 8.08. The molecule has 2 N–H and O–H groups in total. The molecule has 0 atom stereocenters. The molecule has 0 bridgehead atoms.